The summed E-state index contributed by atoms with van der Waals surface area (Å²) < 4.78 is 39.0. The van der Waals surface area contributed by atoms with Crippen LogP contribution in [0.5, 0.6) is 0 Å². The number of halogens is 1. The van der Waals surface area contributed by atoms with Crippen LogP contribution in [0.1, 0.15) is 20.8 Å². The highest BCUT2D eigenvalue weighted by molar-refractivity contribution is 7.93. The fraction of sp³-hybridized carbons (Fsp3) is 0.500. The van der Waals surface area contributed by atoms with Gasteiger partial charge in [0.1, 0.15) is 5.82 Å². The van der Waals surface area contributed by atoms with E-state index in [0.29, 0.717) is 12.2 Å². The molecule has 0 aliphatic rings. The molecule has 0 aliphatic heterocycles. The molecule has 18 heavy (non-hydrogen) atoms. The second-order valence-corrected chi connectivity index (χ2v) is 6.63. The van der Waals surface area contributed by atoms with Crippen molar-refractivity contribution in [2.75, 3.05) is 11.3 Å². The summed E-state index contributed by atoms with van der Waals surface area (Å²) >= 11 is 0. The van der Waals surface area contributed by atoms with Crippen LogP contribution in [-0.4, -0.2) is 26.3 Å². The topological polar surface area (TPSA) is 58.2 Å². The van der Waals surface area contributed by atoms with E-state index in [1.54, 1.807) is 6.92 Å². The van der Waals surface area contributed by atoms with Crippen molar-refractivity contribution in [2.45, 2.75) is 32.1 Å². The first-order valence-corrected chi connectivity index (χ1v) is 7.36. The Morgan fingerprint density at radius 3 is 2.22 bits per heavy atom. The smallest absolute Gasteiger partial charge is 0.236 e. The lowest BCUT2D eigenvalue weighted by atomic mass is 10.3. The first-order valence-electron chi connectivity index (χ1n) is 5.82. The van der Waals surface area contributed by atoms with Crippen LogP contribution in [0.4, 0.5) is 10.1 Å². The van der Waals surface area contributed by atoms with Gasteiger partial charge in [-0.3, -0.25) is 4.72 Å². The van der Waals surface area contributed by atoms with Crippen molar-refractivity contribution >= 4 is 15.7 Å². The molecule has 1 rings (SSSR count). The molecule has 0 bridgehead atoms. The van der Waals surface area contributed by atoms with Gasteiger partial charge < -0.3 is 5.32 Å². The summed E-state index contributed by atoms with van der Waals surface area (Å²) in [4.78, 5) is 0. The number of benzene rings is 1. The van der Waals surface area contributed by atoms with Crippen molar-refractivity contribution in [3.05, 3.63) is 30.1 Å². The summed E-state index contributed by atoms with van der Waals surface area (Å²) in [5.74, 6) is -0.396. The van der Waals surface area contributed by atoms with Gasteiger partial charge >= 0.3 is 0 Å². The first-order chi connectivity index (χ1) is 8.31. The van der Waals surface area contributed by atoms with Crippen molar-refractivity contribution in [1.82, 2.24) is 5.32 Å². The molecule has 1 aromatic carbocycles. The second-order valence-electron chi connectivity index (χ2n) is 4.53. The average Bonchev–Trinajstić information content (AvgIpc) is 2.28. The van der Waals surface area contributed by atoms with E-state index >= 15 is 0 Å². The lowest BCUT2D eigenvalue weighted by Crippen LogP contribution is -2.37. The normalized spacial score (nSPS) is 13.6. The van der Waals surface area contributed by atoms with Crippen molar-refractivity contribution in [3.63, 3.8) is 0 Å². The molecule has 2 N–H and O–H groups in total. The van der Waals surface area contributed by atoms with Gasteiger partial charge in [0.25, 0.3) is 0 Å². The molecule has 1 unspecified atom stereocenters. The van der Waals surface area contributed by atoms with Crippen LogP contribution in [0.25, 0.3) is 0 Å². The summed E-state index contributed by atoms with van der Waals surface area (Å²) in [6, 6.07) is 5.46. The number of anilines is 1. The molecule has 0 aliphatic carbocycles. The van der Waals surface area contributed by atoms with E-state index in [-0.39, 0.29) is 6.04 Å². The summed E-state index contributed by atoms with van der Waals surface area (Å²) in [5, 5.41) is 2.50. The molecule has 4 nitrogen and oxygen atoms in total. The molecule has 1 aromatic rings. The van der Waals surface area contributed by atoms with Crippen LogP contribution in [0.15, 0.2) is 24.3 Å². The Balaban J connectivity index is 2.66. The molecule has 0 saturated heterocycles. The van der Waals surface area contributed by atoms with E-state index in [2.05, 4.69) is 10.0 Å². The van der Waals surface area contributed by atoms with Gasteiger partial charge in [-0.1, -0.05) is 13.8 Å². The van der Waals surface area contributed by atoms with Crippen molar-refractivity contribution in [1.29, 1.82) is 0 Å². The number of nitrogens with one attached hydrogen (secondary N) is 2. The Labute approximate surface area is 108 Å². The van der Waals surface area contributed by atoms with Crippen LogP contribution in [-0.2, 0) is 10.0 Å². The third-order valence-electron chi connectivity index (χ3n) is 2.45. The summed E-state index contributed by atoms with van der Waals surface area (Å²) in [5.41, 5.74) is 0.368. The Kier molecular flexibility index (Phi) is 5.10. The van der Waals surface area contributed by atoms with Crippen LogP contribution in [0.3, 0.4) is 0 Å². The van der Waals surface area contributed by atoms with Gasteiger partial charge in [0.05, 0.1) is 5.25 Å². The fourth-order valence-corrected chi connectivity index (χ4v) is 2.28. The Hall–Kier alpha value is -1.14. The van der Waals surface area contributed by atoms with Crippen LogP contribution < -0.4 is 10.0 Å². The molecule has 0 spiro atoms. The minimum Gasteiger partial charge on any atom is -0.313 e. The third-order valence-corrected chi connectivity index (χ3v) is 4.19. The molecular weight excluding hydrogens is 255 g/mol. The van der Waals surface area contributed by atoms with E-state index in [0.717, 1.165) is 0 Å². The van der Waals surface area contributed by atoms with Crippen LogP contribution in [0, 0.1) is 5.82 Å². The number of sulfonamides is 1. The predicted octanol–water partition coefficient (Wildman–Crippen LogP) is 1.95. The minimum absolute atomic E-state index is 0.230. The Morgan fingerprint density at radius 2 is 1.72 bits per heavy atom. The molecule has 0 heterocycles. The van der Waals surface area contributed by atoms with E-state index in [1.165, 1.54) is 24.3 Å². The maximum atomic E-state index is 12.7. The second kappa shape index (κ2) is 6.15. The first kappa shape index (κ1) is 14.9. The number of rotatable bonds is 6. The van der Waals surface area contributed by atoms with E-state index < -0.39 is 21.1 Å². The zero-order valence-electron chi connectivity index (χ0n) is 10.8. The van der Waals surface area contributed by atoms with E-state index in [4.69, 9.17) is 0 Å². The van der Waals surface area contributed by atoms with Gasteiger partial charge in [-0.05, 0) is 31.2 Å². The highest BCUT2D eigenvalue weighted by Crippen LogP contribution is 2.12. The Bertz CT molecular complexity index is 471. The SMILES string of the molecule is CC(C)NCC(C)S(=O)(=O)Nc1ccc(F)cc1. The largest absolute Gasteiger partial charge is 0.313 e. The summed E-state index contributed by atoms with van der Waals surface area (Å²) in [7, 11) is -3.46. The monoisotopic (exact) mass is 274 g/mol. The van der Waals surface area contributed by atoms with Crippen LogP contribution in [0.2, 0.25) is 0 Å². The third kappa shape index (κ3) is 4.62. The highest BCUT2D eigenvalue weighted by atomic mass is 32.2. The van der Waals surface area contributed by atoms with E-state index in [9.17, 15) is 12.8 Å². The number of hydrogen-bond acceptors (Lipinski definition) is 3. The van der Waals surface area contributed by atoms with Crippen molar-refractivity contribution in [2.24, 2.45) is 0 Å². The molecule has 0 amide bonds. The van der Waals surface area contributed by atoms with Crippen molar-refractivity contribution < 1.29 is 12.8 Å². The molecule has 1 atom stereocenters. The summed E-state index contributed by atoms with van der Waals surface area (Å²) in [6.07, 6.45) is 0. The molecule has 0 radical (unpaired) electrons. The van der Waals surface area contributed by atoms with Gasteiger partial charge in [0, 0.05) is 18.3 Å². The standard InChI is InChI=1S/C12H19FN2O2S/c1-9(2)14-8-10(3)18(16,17)15-12-6-4-11(13)5-7-12/h4-7,9-10,14-15H,8H2,1-3H3. The summed E-state index contributed by atoms with van der Waals surface area (Å²) in [6.45, 7) is 5.90. The maximum absolute atomic E-state index is 12.7. The molecule has 102 valence electrons. The van der Waals surface area contributed by atoms with Gasteiger partial charge in [0.2, 0.25) is 10.0 Å². The molecule has 0 fully saturated rings. The lowest BCUT2D eigenvalue weighted by molar-refractivity contribution is 0.553. The lowest BCUT2D eigenvalue weighted by Gasteiger charge is -2.17. The quantitative estimate of drug-likeness (QED) is 0.833. The van der Waals surface area contributed by atoms with Gasteiger partial charge in [0.15, 0.2) is 0 Å². The molecular formula is C12H19FN2O2S. The zero-order valence-corrected chi connectivity index (χ0v) is 11.6. The van der Waals surface area contributed by atoms with Gasteiger partial charge in [-0.15, -0.1) is 0 Å². The van der Waals surface area contributed by atoms with Gasteiger partial charge in [-0.25, -0.2) is 12.8 Å². The molecule has 0 saturated carbocycles. The minimum atomic E-state index is -3.46. The Morgan fingerprint density at radius 1 is 1.17 bits per heavy atom. The van der Waals surface area contributed by atoms with E-state index in [1.807, 2.05) is 13.8 Å². The van der Waals surface area contributed by atoms with Crippen LogP contribution >= 0.6 is 0 Å². The molecule has 0 aromatic heterocycles. The maximum Gasteiger partial charge on any atom is 0.236 e. The fourth-order valence-electron chi connectivity index (χ4n) is 1.29. The predicted molar refractivity (Wildman–Crippen MR) is 71.5 cm³/mol. The number of hydrogen-bond donors (Lipinski definition) is 2. The zero-order chi connectivity index (χ0) is 13.8. The highest BCUT2D eigenvalue weighted by Gasteiger charge is 2.20. The molecule has 6 heteroatoms. The van der Waals surface area contributed by atoms with Gasteiger partial charge in [-0.2, -0.15) is 0 Å². The van der Waals surface area contributed by atoms with Crippen molar-refractivity contribution in [3.8, 4) is 0 Å². The average molecular weight is 274 g/mol.